The molecule has 2 rings (SSSR count). The molecule has 2 N–H and O–H groups in total. The van der Waals surface area contributed by atoms with Crippen LogP contribution in [-0.4, -0.2) is 30.6 Å². The van der Waals surface area contributed by atoms with Gasteiger partial charge >= 0.3 is 0 Å². The number of nitrogens with two attached hydrogens (primary N) is 1. The number of likely N-dealkylation sites (tertiary alicyclic amines) is 1. The molecular weight excluding hydrogens is 184 g/mol. The second kappa shape index (κ2) is 5.66. The van der Waals surface area contributed by atoms with Crippen LogP contribution < -0.4 is 5.73 Å². The fraction of sp³-hybridized carbons (Fsp3) is 0.846. The summed E-state index contributed by atoms with van der Waals surface area (Å²) in [5.41, 5.74) is 5.65. The van der Waals surface area contributed by atoms with Gasteiger partial charge in [0.05, 0.1) is 0 Å². The highest BCUT2D eigenvalue weighted by molar-refractivity contribution is 4.99. The van der Waals surface area contributed by atoms with Crippen LogP contribution in [0.1, 0.15) is 38.5 Å². The Morgan fingerprint density at radius 2 is 2.20 bits per heavy atom. The minimum absolute atomic E-state index is 0.735. The maximum absolute atomic E-state index is 5.65. The van der Waals surface area contributed by atoms with Crippen molar-refractivity contribution in [2.45, 2.75) is 44.6 Å². The van der Waals surface area contributed by atoms with Crippen LogP contribution >= 0.6 is 0 Å². The van der Waals surface area contributed by atoms with E-state index in [2.05, 4.69) is 17.1 Å². The van der Waals surface area contributed by atoms with Crippen molar-refractivity contribution in [2.24, 2.45) is 11.7 Å². The van der Waals surface area contributed by atoms with Gasteiger partial charge in [-0.25, -0.2) is 0 Å². The van der Waals surface area contributed by atoms with Gasteiger partial charge in [0.2, 0.25) is 0 Å². The molecule has 1 aliphatic carbocycles. The van der Waals surface area contributed by atoms with Gasteiger partial charge in [-0.3, -0.25) is 4.90 Å². The molecule has 2 heteroatoms. The molecule has 1 saturated heterocycles. The molecule has 0 saturated carbocycles. The van der Waals surface area contributed by atoms with Crippen LogP contribution in [0.2, 0.25) is 0 Å². The second-order valence-electron chi connectivity index (χ2n) is 5.01. The van der Waals surface area contributed by atoms with E-state index in [1.807, 2.05) is 0 Å². The second-order valence-corrected chi connectivity index (χ2v) is 5.01. The van der Waals surface area contributed by atoms with E-state index in [-0.39, 0.29) is 0 Å². The Hall–Kier alpha value is -0.340. The van der Waals surface area contributed by atoms with Crippen LogP contribution in [0.15, 0.2) is 12.2 Å². The number of rotatable bonds is 3. The summed E-state index contributed by atoms with van der Waals surface area (Å²) in [5.74, 6) is 0.860. The standard InChI is InChI=1S/C13H24N2/c14-9-8-12-5-4-10-15(11-12)13-6-2-1-3-7-13/h2,6,12-13H,1,3-5,7-11,14H2. The van der Waals surface area contributed by atoms with Gasteiger partial charge in [-0.1, -0.05) is 12.2 Å². The molecule has 1 fully saturated rings. The van der Waals surface area contributed by atoms with Crippen molar-refractivity contribution >= 4 is 0 Å². The Morgan fingerprint density at radius 3 is 2.93 bits per heavy atom. The normalized spacial score (nSPS) is 33.1. The lowest BCUT2D eigenvalue weighted by Crippen LogP contribution is -2.42. The average molecular weight is 208 g/mol. The predicted octanol–water partition coefficient (Wildman–Crippen LogP) is 2.16. The summed E-state index contributed by atoms with van der Waals surface area (Å²) in [7, 11) is 0. The van der Waals surface area contributed by atoms with Crippen molar-refractivity contribution < 1.29 is 0 Å². The van der Waals surface area contributed by atoms with E-state index in [1.165, 1.54) is 51.6 Å². The zero-order chi connectivity index (χ0) is 10.5. The van der Waals surface area contributed by atoms with Crippen LogP contribution in [0.5, 0.6) is 0 Å². The average Bonchev–Trinajstić information content (AvgIpc) is 2.31. The van der Waals surface area contributed by atoms with Gasteiger partial charge in [-0.2, -0.15) is 0 Å². The van der Waals surface area contributed by atoms with Crippen LogP contribution in [0.4, 0.5) is 0 Å². The SMILES string of the molecule is NCCC1CCCN(C2C=CCCC2)C1. The van der Waals surface area contributed by atoms with E-state index in [9.17, 15) is 0 Å². The van der Waals surface area contributed by atoms with E-state index in [1.54, 1.807) is 0 Å². The van der Waals surface area contributed by atoms with Crippen molar-refractivity contribution in [3.63, 3.8) is 0 Å². The molecule has 15 heavy (non-hydrogen) atoms. The molecule has 2 unspecified atom stereocenters. The largest absolute Gasteiger partial charge is 0.330 e. The Balaban J connectivity index is 1.85. The molecular formula is C13H24N2. The quantitative estimate of drug-likeness (QED) is 0.720. The van der Waals surface area contributed by atoms with E-state index in [0.29, 0.717) is 0 Å². The van der Waals surface area contributed by atoms with Gasteiger partial charge in [0.1, 0.15) is 0 Å². The van der Waals surface area contributed by atoms with E-state index >= 15 is 0 Å². The molecule has 2 atom stereocenters. The summed E-state index contributed by atoms with van der Waals surface area (Å²) in [6, 6.07) is 0.735. The summed E-state index contributed by atoms with van der Waals surface area (Å²) in [4.78, 5) is 2.68. The molecule has 0 aromatic carbocycles. The number of hydrogen-bond acceptors (Lipinski definition) is 2. The molecule has 0 aromatic rings. The highest BCUT2D eigenvalue weighted by Crippen LogP contribution is 2.24. The van der Waals surface area contributed by atoms with Crippen LogP contribution in [0, 0.1) is 5.92 Å². The zero-order valence-corrected chi connectivity index (χ0v) is 9.70. The minimum Gasteiger partial charge on any atom is -0.330 e. The summed E-state index contributed by atoms with van der Waals surface area (Å²) in [6.07, 6.45) is 12.8. The Morgan fingerprint density at radius 1 is 1.27 bits per heavy atom. The summed E-state index contributed by atoms with van der Waals surface area (Å²) in [6.45, 7) is 3.45. The monoisotopic (exact) mass is 208 g/mol. The number of hydrogen-bond donors (Lipinski definition) is 1. The first-order chi connectivity index (χ1) is 7.40. The number of allylic oxidation sites excluding steroid dienone is 1. The number of nitrogens with zero attached hydrogens (tertiary/aromatic N) is 1. The smallest absolute Gasteiger partial charge is 0.0278 e. The summed E-state index contributed by atoms with van der Waals surface area (Å²) in [5, 5.41) is 0. The molecule has 86 valence electrons. The molecule has 0 aromatic heterocycles. The molecule has 0 amide bonds. The highest BCUT2D eigenvalue weighted by Gasteiger charge is 2.24. The molecule has 1 aliphatic heterocycles. The van der Waals surface area contributed by atoms with Gasteiger partial charge in [0.15, 0.2) is 0 Å². The first kappa shape index (κ1) is 11.2. The molecule has 2 nitrogen and oxygen atoms in total. The van der Waals surface area contributed by atoms with Crippen LogP contribution in [0.25, 0.3) is 0 Å². The van der Waals surface area contributed by atoms with E-state index < -0.39 is 0 Å². The molecule has 0 bridgehead atoms. The van der Waals surface area contributed by atoms with Crippen LogP contribution in [-0.2, 0) is 0 Å². The third-order valence-corrected chi connectivity index (χ3v) is 3.82. The van der Waals surface area contributed by atoms with Gasteiger partial charge < -0.3 is 5.73 Å². The fourth-order valence-electron chi connectivity index (χ4n) is 2.97. The Labute approximate surface area is 93.5 Å². The molecule has 2 aliphatic rings. The van der Waals surface area contributed by atoms with Gasteiger partial charge in [0, 0.05) is 12.6 Å². The molecule has 1 heterocycles. The zero-order valence-electron chi connectivity index (χ0n) is 9.70. The van der Waals surface area contributed by atoms with Gasteiger partial charge in [-0.05, 0) is 57.5 Å². The Kier molecular flexibility index (Phi) is 4.21. The lowest BCUT2D eigenvalue weighted by molar-refractivity contribution is 0.133. The minimum atomic E-state index is 0.735. The first-order valence-corrected chi connectivity index (χ1v) is 6.51. The van der Waals surface area contributed by atoms with E-state index in [4.69, 9.17) is 5.73 Å². The topological polar surface area (TPSA) is 29.3 Å². The van der Waals surface area contributed by atoms with Gasteiger partial charge in [-0.15, -0.1) is 0 Å². The maximum Gasteiger partial charge on any atom is 0.0278 e. The van der Waals surface area contributed by atoms with Crippen molar-refractivity contribution in [1.82, 2.24) is 4.90 Å². The predicted molar refractivity (Wildman–Crippen MR) is 64.7 cm³/mol. The van der Waals surface area contributed by atoms with Crippen molar-refractivity contribution in [3.8, 4) is 0 Å². The lowest BCUT2D eigenvalue weighted by atomic mass is 9.92. The third kappa shape index (κ3) is 3.05. The molecule has 0 radical (unpaired) electrons. The fourth-order valence-corrected chi connectivity index (χ4v) is 2.97. The maximum atomic E-state index is 5.65. The first-order valence-electron chi connectivity index (χ1n) is 6.51. The van der Waals surface area contributed by atoms with Crippen molar-refractivity contribution in [2.75, 3.05) is 19.6 Å². The summed E-state index contributed by atoms with van der Waals surface area (Å²) < 4.78 is 0. The highest BCUT2D eigenvalue weighted by atomic mass is 15.2. The van der Waals surface area contributed by atoms with E-state index in [0.717, 1.165) is 18.5 Å². The Bertz CT molecular complexity index is 211. The van der Waals surface area contributed by atoms with Crippen molar-refractivity contribution in [3.05, 3.63) is 12.2 Å². The molecule has 0 spiro atoms. The van der Waals surface area contributed by atoms with Crippen LogP contribution in [0.3, 0.4) is 0 Å². The van der Waals surface area contributed by atoms with Gasteiger partial charge in [0.25, 0.3) is 0 Å². The number of piperidine rings is 1. The lowest BCUT2D eigenvalue weighted by Gasteiger charge is -2.38. The van der Waals surface area contributed by atoms with Crippen molar-refractivity contribution in [1.29, 1.82) is 0 Å². The third-order valence-electron chi connectivity index (χ3n) is 3.82. The summed E-state index contributed by atoms with van der Waals surface area (Å²) >= 11 is 0.